The van der Waals surface area contributed by atoms with Gasteiger partial charge in [-0.2, -0.15) is 0 Å². The third kappa shape index (κ3) is 4.02. The molecule has 0 aliphatic carbocycles. The van der Waals surface area contributed by atoms with Crippen LogP contribution in [0.15, 0.2) is 29.4 Å². The van der Waals surface area contributed by atoms with Crippen LogP contribution in [0, 0.1) is 0 Å². The van der Waals surface area contributed by atoms with Crippen molar-refractivity contribution in [2.75, 3.05) is 0 Å². The highest BCUT2D eigenvalue weighted by Crippen LogP contribution is 2.05. The fourth-order valence-corrected chi connectivity index (χ4v) is 1.05. The summed E-state index contributed by atoms with van der Waals surface area (Å²) in [6.07, 6.45) is -1.05. The lowest BCUT2D eigenvalue weighted by Gasteiger charge is -2.02. The molecule has 0 heterocycles. The number of rotatable bonds is 4. The Morgan fingerprint density at radius 1 is 1.40 bits per heavy atom. The van der Waals surface area contributed by atoms with Gasteiger partial charge >= 0.3 is 6.09 Å². The molecule has 78 valence electrons. The summed E-state index contributed by atoms with van der Waals surface area (Å²) in [5.41, 5.74) is 9.87. The predicted molar refractivity (Wildman–Crippen MR) is 54.2 cm³/mol. The lowest BCUT2D eigenvalue weighted by molar-refractivity contribution is 0.194. The summed E-state index contributed by atoms with van der Waals surface area (Å²) in [4.78, 5) is 12.9. The minimum Gasteiger partial charge on any atom is -0.465 e. The zero-order chi connectivity index (χ0) is 11.1. The number of carbonyl (C=O) groups is 1. The van der Waals surface area contributed by atoms with Crippen molar-refractivity contribution >= 4 is 6.09 Å². The molecule has 0 bridgehead atoms. The summed E-state index contributed by atoms with van der Waals surface area (Å²) in [7, 11) is 0. The molecule has 0 aromatic heterocycles. The number of benzene rings is 1. The van der Waals surface area contributed by atoms with Gasteiger partial charge < -0.3 is 10.4 Å². The Hall–Kier alpha value is -2.20. The zero-order valence-electron chi connectivity index (χ0n) is 7.92. The van der Waals surface area contributed by atoms with Crippen LogP contribution in [0.2, 0.25) is 0 Å². The fraction of sp³-hybridized carbons (Fsp3) is 0.222. The van der Waals surface area contributed by atoms with E-state index in [0.717, 1.165) is 11.1 Å². The lowest BCUT2D eigenvalue weighted by atomic mass is 10.1. The molecule has 1 aromatic rings. The predicted octanol–water partition coefficient (Wildman–Crippen LogP) is 2.26. The van der Waals surface area contributed by atoms with Gasteiger partial charge in [-0.15, -0.1) is 0 Å². The minimum atomic E-state index is -1.05. The molecule has 1 rings (SSSR count). The zero-order valence-corrected chi connectivity index (χ0v) is 7.92. The largest absolute Gasteiger partial charge is 0.465 e. The standard InChI is InChI=1S/C9H10N4O2/c10-13-12-6-8-3-1-7(2-4-8)5-11-9(14)15/h1-4,11H,5-6H2,(H,14,15). The second-order valence-electron chi connectivity index (χ2n) is 2.86. The second-order valence-corrected chi connectivity index (χ2v) is 2.86. The fourth-order valence-electron chi connectivity index (χ4n) is 1.05. The van der Waals surface area contributed by atoms with Crippen molar-refractivity contribution in [2.45, 2.75) is 13.1 Å². The van der Waals surface area contributed by atoms with Crippen molar-refractivity contribution < 1.29 is 9.90 Å². The number of nitrogens with zero attached hydrogens (tertiary/aromatic N) is 3. The van der Waals surface area contributed by atoms with Crippen LogP contribution in [0.1, 0.15) is 11.1 Å². The SMILES string of the molecule is [N-]=[N+]=NCc1ccc(CNC(=O)O)cc1. The van der Waals surface area contributed by atoms with E-state index < -0.39 is 6.09 Å². The number of amides is 1. The van der Waals surface area contributed by atoms with Gasteiger partial charge in [0.1, 0.15) is 0 Å². The van der Waals surface area contributed by atoms with E-state index in [1.54, 1.807) is 24.3 Å². The first kappa shape index (κ1) is 10.9. The van der Waals surface area contributed by atoms with Gasteiger partial charge in [0.2, 0.25) is 0 Å². The van der Waals surface area contributed by atoms with E-state index in [9.17, 15) is 4.79 Å². The van der Waals surface area contributed by atoms with Crippen LogP contribution >= 0.6 is 0 Å². The maximum atomic E-state index is 10.2. The maximum absolute atomic E-state index is 10.2. The Kier molecular flexibility index (Phi) is 4.00. The van der Waals surface area contributed by atoms with Gasteiger partial charge in [0.15, 0.2) is 0 Å². The molecule has 0 spiro atoms. The molecule has 0 atom stereocenters. The van der Waals surface area contributed by atoms with E-state index in [-0.39, 0.29) is 6.54 Å². The van der Waals surface area contributed by atoms with Crippen LogP contribution in [0.3, 0.4) is 0 Å². The summed E-state index contributed by atoms with van der Waals surface area (Å²) in [6.45, 7) is 0.584. The highest BCUT2D eigenvalue weighted by Gasteiger charge is 1.96. The van der Waals surface area contributed by atoms with Crippen LogP contribution in [-0.2, 0) is 13.1 Å². The summed E-state index contributed by atoms with van der Waals surface area (Å²) in [5, 5.41) is 14.1. The Morgan fingerprint density at radius 3 is 2.53 bits per heavy atom. The van der Waals surface area contributed by atoms with Crippen LogP contribution in [-0.4, -0.2) is 11.2 Å². The topological polar surface area (TPSA) is 98.1 Å². The molecule has 0 unspecified atom stereocenters. The van der Waals surface area contributed by atoms with Gasteiger partial charge in [-0.05, 0) is 16.7 Å². The van der Waals surface area contributed by atoms with Crippen LogP contribution in [0.25, 0.3) is 10.4 Å². The molecule has 2 N–H and O–H groups in total. The maximum Gasteiger partial charge on any atom is 0.404 e. The number of hydrogen-bond acceptors (Lipinski definition) is 2. The average molecular weight is 206 g/mol. The van der Waals surface area contributed by atoms with Crippen molar-refractivity contribution in [3.63, 3.8) is 0 Å². The summed E-state index contributed by atoms with van der Waals surface area (Å²) in [6, 6.07) is 7.18. The van der Waals surface area contributed by atoms with Crippen molar-refractivity contribution in [3.8, 4) is 0 Å². The van der Waals surface area contributed by atoms with Gasteiger partial charge in [0.05, 0.1) is 6.54 Å². The van der Waals surface area contributed by atoms with Crippen LogP contribution in [0.4, 0.5) is 4.79 Å². The average Bonchev–Trinajstić information content (AvgIpc) is 2.25. The number of carboxylic acid groups (broad SMARTS) is 1. The lowest BCUT2D eigenvalue weighted by Crippen LogP contribution is -2.19. The molecule has 6 heteroatoms. The van der Waals surface area contributed by atoms with E-state index in [2.05, 4.69) is 15.3 Å². The molecule has 0 fully saturated rings. The van der Waals surface area contributed by atoms with Gasteiger partial charge in [-0.25, -0.2) is 4.79 Å². The van der Waals surface area contributed by atoms with Crippen molar-refractivity contribution in [2.24, 2.45) is 5.11 Å². The Bertz CT molecular complexity index is 382. The second kappa shape index (κ2) is 5.51. The van der Waals surface area contributed by atoms with Gasteiger partial charge in [-0.3, -0.25) is 0 Å². The van der Waals surface area contributed by atoms with Crippen molar-refractivity contribution in [3.05, 3.63) is 45.8 Å². The third-order valence-corrected chi connectivity index (χ3v) is 1.78. The van der Waals surface area contributed by atoms with Crippen LogP contribution < -0.4 is 5.32 Å². The molecular weight excluding hydrogens is 196 g/mol. The van der Waals surface area contributed by atoms with Crippen molar-refractivity contribution in [1.82, 2.24) is 5.32 Å². The van der Waals surface area contributed by atoms with Crippen molar-refractivity contribution in [1.29, 1.82) is 0 Å². The monoisotopic (exact) mass is 206 g/mol. The summed E-state index contributed by atoms with van der Waals surface area (Å²) >= 11 is 0. The van der Waals surface area contributed by atoms with E-state index >= 15 is 0 Å². The van der Waals surface area contributed by atoms with Crippen LogP contribution in [0.5, 0.6) is 0 Å². The molecule has 0 saturated heterocycles. The van der Waals surface area contributed by atoms with E-state index in [0.29, 0.717) is 6.54 Å². The first-order valence-electron chi connectivity index (χ1n) is 4.28. The Balaban J connectivity index is 2.55. The van der Waals surface area contributed by atoms with E-state index in [4.69, 9.17) is 10.6 Å². The molecule has 1 amide bonds. The molecule has 0 radical (unpaired) electrons. The normalized spacial score (nSPS) is 9.07. The Labute approximate surface area is 86.2 Å². The molecule has 0 saturated carbocycles. The number of azide groups is 1. The molecular formula is C9H10N4O2. The highest BCUT2D eigenvalue weighted by atomic mass is 16.4. The molecule has 6 nitrogen and oxygen atoms in total. The van der Waals surface area contributed by atoms with E-state index in [1.807, 2.05) is 0 Å². The molecule has 15 heavy (non-hydrogen) atoms. The first-order valence-corrected chi connectivity index (χ1v) is 4.28. The van der Waals surface area contributed by atoms with E-state index in [1.165, 1.54) is 0 Å². The Morgan fingerprint density at radius 2 is 2.00 bits per heavy atom. The smallest absolute Gasteiger partial charge is 0.404 e. The summed E-state index contributed by atoms with van der Waals surface area (Å²) in [5.74, 6) is 0. The molecule has 1 aromatic carbocycles. The van der Waals surface area contributed by atoms with Gasteiger partial charge in [0, 0.05) is 11.5 Å². The minimum absolute atomic E-state index is 0.275. The first-order chi connectivity index (χ1) is 7.22. The quantitative estimate of drug-likeness (QED) is 0.448. The highest BCUT2D eigenvalue weighted by molar-refractivity contribution is 5.64. The summed E-state index contributed by atoms with van der Waals surface area (Å²) < 4.78 is 0. The molecule has 0 aliphatic rings. The van der Waals surface area contributed by atoms with Gasteiger partial charge in [0.25, 0.3) is 0 Å². The number of hydrogen-bond donors (Lipinski definition) is 2. The molecule has 0 aliphatic heterocycles. The number of nitrogens with one attached hydrogen (secondary N) is 1. The van der Waals surface area contributed by atoms with Gasteiger partial charge in [-0.1, -0.05) is 29.4 Å². The third-order valence-electron chi connectivity index (χ3n) is 1.78.